The zero-order chi connectivity index (χ0) is 20.4. The number of hydrogen-bond acceptors (Lipinski definition) is 6. The number of aliphatic carboxylic acids is 1. The highest BCUT2D eigenvalue weighted by molar-refractivity contribution is 7.89. The number of rotatable bonds is 7. The van der Waals surface area contributed by atoms with Crippen molar-refractivity contribution in [1.82, 2.24) is 9.62 Å². The minimum Gasteiger partial charge on any atom is -0.493 e. The smallest absolute Gasteiger partial charge is 0.328 e. The van der Waals surface area contributed by atoms with E-state index in [4.69, 9.17) is 9.47 Å². The molecule has 1 saturated heterocycles. The molecular weight excluding hydrogens is 376 g/mol. The molecule has 27 heavy (non-hydrogen) atoms. The van der Waals surface area contributed by atoms with Gasteiger partial charge in [0.05, 0.1) is 19.1 Å². The van der Waals surface area contributed by atoms with Crippen molar-refractivity contribution in [3.63, 3.8) is 0 Å². The summed E-state index contributed by atoms with van der Waals surface area (Å²) in [5, 5.41) is 11.6. The molecule has 1 aliphatic heterocycles. The van der Waals surface area contributed by atoms with E-state index in [-0.39, 0.29) is 17.2 Å². The van der Waals surface area contributed by atoms with E-state index >= 15 is 0 Å². The van der Waals surface area contributed by atoms with Crippen LogP contribution in [0, 0.1) is 0 Å². The highest BCUT2D eigenvalue weighted by atomic mass is 32.2. The van der Waals surface area contributed by atoms with Gasteiger partial charge < -0.3 is 19.9 Å². The molecule has 0 radical (unpaired) electrons. The molecule has 2 N–H and O–H groups in total. The summed E-state index contributed by atoms with van der Waals surface area (Å²) >= 11 is 0. The number of methoxy groups -OCH3 is 2. The third-order valence-corrected chi connectivity index (χ3v) is 6.34. The van der Waals surface area contributed by atoms with Crippen LogP contribution in [-0.2, 0) is 19.6 Å². The van der Waals surface area contributed by atoms with Crippen molar-refractivity contribution in [3.05, 3.63) is 18.2 Å². The first kappa shape index (κ1) is 21.0. The summed E-state index contributed by atoms with van der Waals surface area (Å²) in [4.78, 5) is 23.8. The van der Waals surface area contributed by atoms with E-state index in [0.717, 1.165) is 4.31 Å². The molecule has 1 aromatic carbocycles. The lowest BCUT2D eigenvalue weighted by Gasteiger charge is -2.27. The first-order valence-corrected chi connectivity index (χ1v) is 9.78. The highest BCUT2D eigenvalue weighted by Gasteiger charge is 2.42. The lowest BCUT2D eigenvalue weighted by Crippen LogP contribution is -2.55. The predicted molar refractivity (Wildman–Crippen MR) is 96.3 cm³/mol. The van der Waals surface area contributed by atoms with Gasteiger partial charge in [-0.3, -0.25) is 4.79 Å². The number of ether oxygens (including phenoxy) is 2. The standard InChI is InChI=1S/C17H24N2O7S/c1-17(2,16(21)22)18-15(20)12-6-5-9-19(12)27(23,24)11-7-8-13(25-3)14(10-11)26-4/h7-8,10,12H,5-6,9H2,1-4H3,(H,18,20)(H,21,22). The van der Waals surface area contributed by atoms with Gasteiger partial charge >= 0.3 is 5.97 Å². The van der Waals surface area contributed by atoms with Gasteiger partial charge in [0.15, 0.2) is 11.5 Å². The summed E-state index contributed by atoms with van der Waals surface area (Å²) in [6, 6.07) is 3.22. The molecule has 1 amide bonds. The normalized spacial score (nSPS) is 18.1. The molecular formula is C17H24N2O7S. The zero-order valence-electron chi connectivity index (χ0n) is 15.7. The summed E-state index contributed by atoms with van der Waals surface area (Å²) in [6.07, 6.45) is 0.812. The number of benzene rings is 1. The molecule has 1 atom stereocenters. The largest absolute Gasteiger partial charge is 0.493 e. The fourth-order valence-corrected chi connectivity index (χ4v) is 4.52. The maximum Gasteiger partial charge on any atom is 0.328 e. The Labute approximate surface area is 158 Å². The summed E-state index contributed by atoms with van der Waals surface area (Å²) in [6.45, 7) is 2.85. The monoisotopic (exact) mass is 400 g/mol. The molecule has 0 bridgehead atoms. The number of hydrogen-bond donors (Lipinski definition) is 2. The Hall–Kier alpha value is -2.33. The zero-order valence-corrected chi connectivity index (χ0v) is 16.5. The third-order valence-electron chi connectivity index (χ3n) is 4.44. The average Bonchev–Trinajstić information content (AvgIpc) is 3.11. The summed E-state index contributed by atoms with van der Waals surface area (Å²) < 4.78 is 37.5. The Morgan fingerprint density at radius 3 is 2.41 bits per heavy atom. The second-order valence-corrected chi connectivity index (χ2v) is 8.60. The number of nitrogens with one attached hydrogen (secondary N) is 1. The Bertz CT molecular complexity index is 836. The van der Waals surface area contributed by atoms with E-state index in [9.17, 15) is 23.1 Å². The van der Waals surface area contributed by atoms with E-state index in [2.05, 4.69) is 5.32 Å². The Morgan fingerprint density at radius 2 is 1.85 bits per heavy atom. The number of nitrogens with zero attached hydrogens (tertiary/aromatic N) is 1. The summed E-state index contributed by atoms with van der Waals surface area (Å²) in [5.41, 5.74) is -1.50. The van der Waals surface area contributed by atoms with Gasteiger partial charge in [0, 0.05) is 12.6 Å². The van der Waals surface area contributed by atoms with E-state index in [1.54, 1.807) is 0 Å². The minimum absolute atomic E-state index is 0.0302. The Balaban J connectivity index is 2.32. The first-order chi connectivity index (χ1) is 12.5. The SMILES string of the molecule is COc1ccc(S(=O)(=O)N2CCCC2C(=O)NC(C)(C)C(=O)O)cc1OC. The molecule has 0 spiro atoms. The van der Waals surface area contributed by atoms with Gasteiger partial charge in [-0.05, 0) is 38.8 Å². The Morgan fingerprint density at radius 1 is 1.22 bits per heavy atom. The minimum atomic E-state index is -3.98. The molecule has 1 unspecified atom stereocenters. The highest BCUT2D eigenvalue weighted by Crippen LogP contribution is 2.33. The second kappa shape index (κ2) is 7.73. The third kappa shape index (κ3) is 4.16. The number of carboxylic acids is 1. The lowest BCUT2D eigenvalue weighted by atomic mass is 10.1. The van der Waals surface area contributed by atoms with Crippen molar-refractivity contribution in [2.24, 2.45) is 0 Å². The van der Waals surface area contributed by atoms with Crippen LogP contribution in [0.5, 0.6) is 11.5 Å². The second-order valence-electron chi connectivity index (χ2n) is 6.71. The van der Waals surface area contributed by atoms with Crippen molar-refractivity contribution < 1.29 is 32.6 Å². The van der Waals surface area contributed by atoms with E-state index in [1.807, 2.05) is 0 Å². The van der Waals surface area contributed by atoms with Crippen LogP contribution in [0.15, 0.2) is 23.1 Å². The maximum absolute atomic E-state index is 13.0. The molecule has 1 heterocycles. The van der Waals surface area contributed by atoms with Gasteiger partial charge in [0.1, 0.15) is 11.6 Å². The molecule has 1 aliphatic rings. The van der Waals surface area contributed by atoms with Crippen LogP contribution < -0.4 is 14.8 Å². The van der Waals surface area contributed by atoms with E-state index < -0.39 is 33.5 Å². The van der Waals surface area contributed by atoms with Crippen LogP contribution >= 0.6 is 0 Å². The number of carbonyl (C=O) groups is 2. The predicted octanol–water partition coefficient (Wildman–Crippen LogP) is 0.836. The van der Waals surface area contributed by atoms with Crippen LogP contribution in [0.25, 0.3) is 0 Å². The van der Waals surface area contributed by atoms with Gasteiger partial charge in [0.2, 0.25) is 15.9 Å². The topological polar surface area (TPSA) is 122 Å². The van der Waals surface area contributed by atoms with Crippen LogP contribution in [0.1, 0.15) is 26.7 Å². The van der Waals surface area contributed by atoms with Crippen molar-refractivity contribution in [2.45, 2.75) is 43.2 Å². The van der Waals surface area contributed by atoms with Crippen LogP contribution in [0.4, 0.5) is 0 Å². The molecule has 150 valence electrons. The molecule has 0 aromatic heterocycles. The fraction of sp³-hybridized carbons (Fsp3) is 0.529. The Kier molecular flexibility index (Phi) is 6.01. The lowest BCUT2D eigenvalue weighted by molar-refractivity contribution is -0.146. The van der Waals surface area contributed by atoms with Crippen molar-refractivity contribution >= 4 is 21.9 Å². The van der Waals surface area contributed by atoms with Crippen molar-refractivity contribution in [2.75, 3.05) is 20.8 Å². The van der Waals surface area contributed by atoms with E-state index in [0.29, 0.717) is 18.6 Å². The van der Waals surface area contributed by atoms with Crippen molar-refractivity contribution in [1.29, 1.82) is 0 Å². The van der Waals surface area contributed by atoms with Crippen LogP contribution in [0.3, 0.4) is 0 Å². The number of carboxylic acid groups (broad SMARTS) is 1. The fourth-order valence-electron chi connectivity index (χ4n) is 2.85. The summed E-state index contributed by atoms with van der Waals surface area (Å²) in [5.74, 6) is -1.20. The number of carbonyl (C=O) groups excluding carboxylic acids is 1. The first-order valence-electron chi connectivity index (χ1n) is 8.34. The molecule has 2 rings (SSSR count). The van der Waals surface area contributed by atoms with Gasteiger partial charge in [-0.1, -0.05) is 0 Å². The molecule has 0 saturated carbocycles. The van der Waals surface area contributed by atoms with E-state index in [1.165, 1.54) is 46.3 Å². The molecule has 10 heteroatoms. The average molecular weight is 400 g/mol. The molecule has 9 nitrogen and oxygen atoms in total. The van der Waals surface area contributed by atoms with Gasteiger partial charge in [-0.2, -0.15) is 4.31 Å². The van der Waals surface area contributed by atoms with Gasteiger partial charge in [-0.25, -0.2) is 13.2 Å². The van der Waals surface area contributed by atoms with Gasteiger partial charge in [-0.15, -0.1) is 0 Å². The molecule has 1 aromatic rings. The van der Waals surface area contributed by atoms with Gasteiger partial charge in [0.25, 0.3) is 0 Å². The maximum atomic E-state index is 13.0. The molecule has 0 aliphatic carbocycles. The van der Waals surface area contributed by atoms with Crippen molar-refractivity contribution in [3.8, 4) is 11.5 Å². The number of sulfonamides is 1. The summed E-state index contributed by atoms with van der Waals surface area (Å²) in [7, 11) is -1.14. The quantitative estimate of drug-likeness (QED) is 0.695. The van der Waals surface area contributed by atoms with Crippen LogP contribution in [0.2, 0.25) is 0 Å². The molecule has 1 fully saturated rings. The van der Waals surface area contributed by atoms with Crippen LogP contribution in [-0.4, -0.2) is 62.1 Å². The number of amides is 1.